The van der Waals surface area contributed by atoms with Crippen LogP contribution in [0, 0.1) is 0 Å². The summed E-state index contributed by atoms with van der Waals surface area (Å²) in [6, 6.07) is 44.4. The van der Waals surface area contributed by atoms with Gasteiger partial charge in [0.25, 0.3) is 0 Å². The average molecular weight is 584 g/mol. The molecule has 0 aliphatic heterocycles. The third kappa shape index (κ3) is 4.43. The first-order valence-electron chi connectivity index (χ1n) is 10.9. The van der Waals surface area contributed by atoms with Crippen LogP contribution in [0.3, 0.4) is 0 Å². The quantitative estimate of drug-likeness (QED) is 0.205. The van der Waals surface area contributed by atoms with E-state index in [4.69, 9.17) is 0 Å². The van der Waals surface area contributed by atoms with Crippen LogP contribution in [0.15, 0.2) is 121 Å². The van der Waals surface area contributed by atoms with Gasteiger partial charge in [0.2, 0.25) is 0 Å². The number of hydrogen-bond donors (Lipinski definition) is 0. The van der Waals surface area contributed by atoms with E-state index in [2.05, 4.69) is 165 Å². The van der Waals surface area contributed by atoms with Crippen molar-refractivity contribution >= 4 is 62.4 Å². The van der Waals surface area contributed by atoms with Gasteiger partial charge in [0.05, 0.1) is 0 Å². The molecule has 4 rings (SSSR count). The van der Waals surface area contributed by atoms with Crippen LogP contribution >= 0.6 is 11.0 Å². The molecule has 162 valence electrons. The summed E-state index contributed by atoms with van der Waals surface area (Å²) >= 11 is 7.59. The van der Waals surface area contributed by atoms with Crippen molar-refractivity contribution in [2.24, 2.45) is 0 Å². The third-order valence-electron chi connectivity index (χ3n) is 6.40. The molecule has 0 radical (unpaired) electrons. The maximum atomic E-state index is 3.79. The molecule has 0 aliphatic rings. The van der Waals surface area contributed by atoms with Crippen molar-refractivity contribution in [2.45, 2.75) is 25.2 Å². The van der Waals surface area contributed by atoms with Gasteiger partial charge in [-0.2, -0.15) is 0 Å². The zero-order valence-corrected chi connectivity index (χ0v) is 23.6. The second-order valence-corrected chi connectivity index (χ2v) is 21.7. The van der Waals surface area contributed by atoms with E-state index < -0.39 is 11.0 Å². The first-order valence-corrected chi connectivity index (χ1v) is 19.1. The summed E-state index contributed by atoms with van der Waals surface area (Å²) in [6.07, 6.45) is 0. The topological polar surface area (TPSA) is 0 Å². The van der Waals surface area contributed by atoms with Crippen molar-refractivity contribution in [2.75, 3.05) is 0 Å². The van der Waals surface area contributed by atoms with Gasteiger partial charge in [-0.3, -0.25) is 0 Å². The van der Waals surface area contributed by atoms with Crippen molar-refractivity contribution < 1.29 is 0 Å². The Hall–Kier alpha value is -1.22. The molecule has 4 heteroatoms. The summed E-state index contributed by atoms with van der Waals surface area (Å²) in [5, 5.41) is 5.72. The molecule has 0 saturated heterocycles. The number of rotatable bonds is 7. The number of benzene rings is 4. The molecule has 0 heterocycles. The Balaban J connectivity index is 1.91. The normalized spacial score (nSPS) is 13.9. The summed E-state index contributed by atoms with van der Waals surface area (Å²) in [5.74, 6) is 0. The molecule has 0 amide bonds. The maximum absolute atomic E-state index is 3.79. The van der Waals surface area contributed by atoms with Crippen molar-refractivity contribution in [3.63, 3.8) is 0 Å². The molecule has 0 spiro atoms. The molecule has 0 saturated carbocycles. The Bertz CT molecular complexity index is 1050. The fourth-order valence-electron chi connectivity index (χ4n) is 4.44. The molecule has 0 N–H and O–H groups in total. The third-order valence-corrected chi connectivity index (χ3v) is 23.6. The molecule has 0 fully saturated rings. The molecule has 4 aromatic rings. The fraction of sp³-hybridized carbons (Fsp3) is 0.143. The van der Waals surface area contributed by atoms with E-state index in [-0.39, 0.29) is 0 Å². The van der Waals surface area contributed by atoms with E-state index in [1.54, 1.807) is 0 Å². The molecule has 0 aliphatic carbocycles. The summed E-state index contributed by atoms with van der Waals surface area (Å²) < 4.78 is 0. The van der Waals surface area contributed by atoms with E-state index in [0.717, 1.165) is 0 Å². The first kappa shape index (κ1) is 23.9. The van der Waals surface area contributed by atoms with Crippen molar-refractivity contribution in [1.82, 2.24) is 0 Å². The Labute approximate surface area is 207 Å². The van der Waals surface area contributed by atoms with E-state index >= 15 is 0 Å². The van der Waals surface area contributed by atoms with Gasteiger partial charge in [-0.15, -0.1) is 0 Å². The minimum atomic E-state index is -1.78. The van der Waals surface area contributed by atoms with Crippen LogP contribution in [-0.2, 0) is 0 Å². The SMILES string of the molecule is CC(C(C)P(=[Se])(c1ccccc1)c1ccccc1)P(=[Se])(c1ccccc1)c1ccccc1. The van der Waals surface area contributed by atoms with Gasteiger partial charge >= 0.3 is 209 Å². The second-order valence-electron chi connectivity index (χ2n) is 8.14. The van der Waals surface area contributed by atoms with Gasteiger partial charge in [-0.25, -0.2) is 0 Å². The van der Waals surface area contributed by atoms with Gasteiger partial charge < -0.3 is 0 Å². The summed E-state index contributed by atoms with van der Waals surface area (Å²) in [5.41, 5.74) is -2.66. The van der Waals surface area contributed by atoms with Crippen LogP contribution in [0.25, 0.3) is 0 Å². The number of hydrogen-bond acceptors (Lipinski definition) is 0. The molecule has 0 nitrogen and oxygen atoms in total. The van der Waals surface area contributed by atoms with E-state index in [1.807, 2.05) is 0 Å². The van der Waals surface area contributed by atoms with Gasteiger partial charge in [0.15, 0.2) is 0 Å². The molecule has 0 aromatic heterocycles. The van der Waals surface area contributed by atoms with Crippen LogP contribution in [-0.4, -0.2) is 41.5 Å². The Morgan fingerprint density at radius 3 is 0.781 bits per heavy atom. The summed E-state index contributed by atoms with van der Waals surface area (Å²) in [7, 11) is 0. The molecule has 0 bridgehead atoms. The van der Waals surface area contributed by atoms with Crippen molar-refractivity contribution in [1.29, 1.82) is 0 Å². The fourth-order valence-corrected chi connectivity index (χ4v) is 18.4. The molecule has 32 heavy (non-hydrogen) atoms. The molecule has 4 aromatic carbocycles. The average Bonchev–Trinajstić information content (AvgIpc) is 2.89. The van der Waals surface area contributed by atoms with Crippen LogP contribution in [0.4, 0.5) is 0 Å². The minimum absolute atomic E-state index is 0.447. The molecular formula is C28H28P2Se2. The molecule has 2 atom stereocenters. The monoisotopic (exact) mass is 586 g/mol. The summed E-state index contributed by atoms with van der Waals surface area (Å²) in [4.78, 5) is 0. The van der Waals surface area contributed by atoms with Crippen LogP contribution in [0.1, 0.15) is 13.8 Å². The first-order chi connectivity index (χ1) is 15.5. The second kappa shape index (κ2) is 10.4. The van der Waals surface area contributed by atoms with E-state index in [0.29, 0.717) is 11.3 Å². The zero-order valence-electron chi connectivity index (χ0n) is 18.4. The van der Waals surface area contributed by atoms with Crippen LogP contribution in [0.2, 0.25) is 0 Å². The predicted molar refractivity (Wildman–Crippen MR) is 149 cm³/mol. The van der Waals surface area contributed by atoms with Crippen LogP contribution in [0.5, 0.6) is 0 Å². The van der Waals surface area contributed by atoms with E-state index in [9.17, 15) is 0 Å². The molecule has 2 unspecified atom stereocenters. The van der Waals surface area contributed by atoms with E-state index in [1.165, 1.54) is 21.2 Å². The van der Waals surface area contributed by atoms with Crippen molar-refractivity contribution in [3.05, 3.63) is 121 Å². The predicted octanol–water partition coefficient (Wildman–Crippen LogP) is 5.27. The van der Waals surface area contributed by atoms with Crippen molar-refractivity contribution in [3.8, 4) is 0 Å². The standard InChI is InChI=1S/C28H28P2Se2/c1-23(29(31,25-15-7-3-8-16-25)26-17-9-4-10-18-26)24(2)30(32,27-19-11-5-12-20-27)28-21-13-6-14-22-28/h3-24H,1-2H3. The van der Waals surface area contributed by atoms with Gasteiger partial charge in [0.1, 0.15) is 0 Å². The van der Waals surface area contributed by atoms with Gasteiger partial charge in [-0.1, -0.05) is 0 Å². The van der Waals surface area contributed by atoms with Gasteiger partial charge in [0, 0.05) is 0 Å². The Morgan fingerprint density at radius 2 is 0.594 bits per heavy atom. The molecular weight excluding hydrogens is 556 g/mol. The summed E-state index contributed by atoms with van der Waals surface area (Å²) in [6.45, 7) is 4.93. The van der Waals surface area contributed by atoms with Gasteiger partial charge in [-0.05, 0) is 0 Å². The van der Waals surface area contributed by atoms with Crippen LogP contribution < -0.4 is 21.2 Å². The Morgan fingerprint density at radius 1 is 0.406 bits per heavy atom. The Kier molecular flexibility index (Phi) is 7.75. The zero-order chi connectivity index (χ0) is 22.6.